The summed E-state index contributed by atoms with van der Waals surface area (Å²) in [5.41, 5.74) is 2.46. The van der Waals surface area contributed by atoms with Crippen molar-refractivity contribution < 1.29 is 5.11 Å². The van der Waals surface area contributed by atoms with Crippen molar-refractivity contribution in [1.82, 2.24) is 9.97 Å². The van der Waals surface area contributed by atoms with Crippen LogP contribution in [-0.4, -0.2) is 34.3 Å². The first-order valence-corrected chi connectivity index (χ1v) is 6.02. The Bertz CT molecular complexity index is 355. The molecule has 1 aliphatic carbocycles. The third-order valence-electron chi connectivity index (χ3n) is 3.14. The van der Waals surface area contributed by atoms with Gasteiger partial charge in [0.15, 0.2) is 0 Å². The van der Waals surface area contributed by atoms with Crippen molar-refractivity contribution in [1.29, 1.82) is 0 Å². The topological polar surface area (TPSA) is 87.3 Å². The first-order chi connectivity index (χ1) is 8.35. The Balaban J connectivity index is 2.11. The van der Waals surface area contributed by atoms with E-state index in [4.69, 9.17) is 10.9 Å². The van der Waals surface area contributed by atoms with Gasteiger partial charge in [0.2, 0.25) is 5.95 Å². The van der Waals surface area contributed by atoms with Crippen molar-refractivity contribution in [3.8, 4) is 0 Å². The fraction of sp³-hybridized carbons (Fsp3) is 0.636. The van der Waals surface area contributed by atoms with Crippen molar-refractivity contribution in [2.45, 2.75) is 31.7 Å². The molecular formula is C11H19N5O. The van der Waals surface area contributed by atoms with E-state index in [1.165, 1.54) is 19.3 Å². The number of aliphatic hydroxyl groups excluding tert-OH is 1. The van der Waals surface area contributed by atoms with Gasteiger partial charge in [-0.05, 0) is 31.7 Å². The lowest BCUT2D eigenvalue weighted by atomic mass is 9.91. The second-order valence-corrected chi connectivity index (χ2v) is 4.24. The third-order valence-corrected chi connectivity index (χ3v) is 3.14. The van der Waals surface area contributed by atoms with Crippen LogP contribution in [0.2, 0.25) is 0 Å². The molecule has 94 valence electrons. The van der Waals surface area contributed by atoms with E-state index >= 15 is 0 Å². The number of nitrogens with zero attached hydrogens (tertiary/aromatic N) is 3. The van der Waals surface area contributed by atoms with Gasteiger partial charge in [-0.2, -0.15) is 4.98 Å². The van der Waals surface area contributed by atoms with Gasteiger partial charge in [-0.1, -0.05) is 0 Å². The first kappa shape index (κ1) is 12.1. The summed E-state index contributed by atoms with van der Waals surface area (Å²) in [7, 11) is 0. The molecule has 1 aromatic rings. The summed E-state index contributed by atoms with van der Waals surface area (Å²) in [6.45, 7) is 1.03. The maximum absolute atomic E-state index is 8.94. The highest BCUT2D eigenvalue weighted by Gasteiger charge is 2.25. The number of aromatic nitrogens is 2. The number of rotatable bonds is 6. The summed E-state index contributed by atoms with van der Waals surface area (Å²) in [4.78, 5) is 10.6. The van der Waals surface area contributed by atoms with E-state index in [0.717, 1.165) is 18.8 Å². The maximum atomic E-state index is 8.94. The lowest BCUT2D eigenvalue weighted by Crippen LogP contribution is -2.41. The Morgan fingerprint density at radius 2 is 2.35 bits per heavy atom. The molecule has 6 heteroatoms. The Hall–Kier alpha value is -1.40. The highest BCUT2D eigenvalue weighted by Crippen LogP contribution is 2.28. The van der Waals surface area contributed by atoms with E-state index in [9.17, 15) is 0 Å². The van der Waals surface area contributed by atoms with Crippen LogP contribution in [0.25, 0.3) is 0 Å². The highest BCUT2D eigenvalue weighted by atomic mass is 16.3. The van der Waals surface area contributed by atoms with Gasteiger partial charge in [0.1, 0.15) is 5.82 Å². The average Bonchev–Trinajstić information content (AvgIpc) is 2.32. The summed E-state index contributed by atoms with van der Waals surface area (Å²) in [5.74, 6) is 6.62. The SMILES string of the molecule is NNc1nccc(N(CCCO)C2CCC2)n1. The number of hydrogen-bond donors (Lipinski definition) is 3. The minimum absolute atomic E-state index is 0.205. The molecule has 1 aromatic heterocycles. The molecule has 0 amide bonds. The van der Waals surface area contributed by atoms with E-state index in [1.54, 1.807) is 6.20 Å². The number of nitrogens with two attached hydrogens (primary N) is 1. The summed E-state index contributed by atoms with van der Waals surface area (Å²) in [6, 6.07) is 2.43. The zero-order valence-corrected chi connectivity index (χ0v) is 9.84. The summed E-state index contributed by atoms with van der Waals surface area (Å²) in [6.07, 6.45) is 6.11. The fourth-order valence-electron chi connectivity index (χ4n) is 2.00. The molecule has 4 N–H and O–H groups in total. The Labute approximate surface area is 101 Å². The van der Waals surface area contributed by atoms with E-state index in [0.29, 0.717) is 12.0 Å². The number of aliphatic hydroxyl groups is 1. The maximum Gasteiger partial charge on any atom is 0.239 e. The average molecular weight is 237 g/mol. The van der Waals surface area contributed by atoms with Crippen LogP contribution in [0.4, 0.5) is 11.8 Å². The largest absolute Gasteiger partial charge is 0.396 e. The lowest BCUT2D eigenvalue weighted by Gasteiger charge is -2.38. The van der Waals surface area contributed by atoms with Gasteiger partial charge in [0.05, 0.1) is 0 Å². The standard InChI is InChI=1S/C11H19N5O/c12-15-11-13-6-5-10(14-11)16(7-2-8-17)9-3-1-4-9/h5-6,9,17H,1-4,7-8,12H2,(H,13,14,15). The van der Waals surface area contributed by atoms with Crippen molar-refractivity contribution in [2.75, 3.05) is 23.5 Å². The second kappa shape index (κ2) is 5.79. The van der Waals surface area contributed by atoms with Crippen LogP contribution < -0.4 is 16.2 Å². The molecular weight excluding hydrogens is 218 g/mol. The predicted molar refractivity (Wildman–Crippen MR) is 66.5 cm³/mol. The third kappa shape index (κ3) is 2.83. The quantitative estimate of drug-likeness (QED) is 0.493. The first-order valence-electron chi connectivity index (χ1n) is 6.02. The smallest absolute Gasteiger partial charge is 0.239 e. The fourth-order valence-corrected chi connectivity index (χ4v) is 2.00. The molecule has 0 spiro atoms. The molecule has 2 rings (SSSR count). The van der Waals surface area contributed by atoms with Crippen LogP contribution in [0, 0.1) is 0 Å². The van der Waals surface area contributed by atoms with Gasteiger partial charge < -0.3 is 10.0 Å². The molecule has 0 aromatic carbocycles. The van der Waals surface area contributed by atoms with Gasteiger partial charge in [0, 0.05) is 25.4 Å². The van der Waals surface area contributed by atoms with Crippen molar-refractivity contribution in [3.05, 3.63) is 12.3 Å². The van der Waals surface area contributed by atoms with E-state index in [1.807, 2.05) is 6.07 Å². The van der Waals surface area contributed by atoms with Crippen LogP contribution in [0.3, 0.4) is 0 Å². The molecule has 17 heavy (non-hydrogen) atoms. The van der Waals surface area contributed by atoms with E-state index in [2.05, 4.69) is 20.3 Å². The van der Waals surface area contributed by atoms with E-state index < -0.39 is 0 Å². The number of hydrazine groups is 1. The Morgan fingerprint density at radius 1 is 1.53 bits per heavy atom. The second-order valence-electron chi connectivity index (χ2n) is 4.24. The Kier molecular flexibility index (Phi) is 4.11. The molecule has 1 heterocycles. The van der Waals surface area contributed by atoms with Crippen LogP contribution in [0.5, 0.6) is 0 Å². The van der Waals surface area contributed by atoms with E-state index in [-0.39, 0.29) is 6.61 Å². The minimum atomic E-state index is 0.205. The van der Waals surface area contributed by atoms with Crippen molar-refractivity contribution in [2.24, 2.45) is 5.84 Å². The highest BCUT2D eigenvalue weighted by molar-refractivity contribution is 5.43. The molecule has 1 fully saturated rings. The molecule has 0 aliphatic heterocycles. The van der Waals surface area contributed by atoms with Crippen LogP contribution in [0.1, 0.15) is 25.7 Å². The predicted octanol–water partition coefficient (Wildman–Crippen LogP) is 0.503. The number of hydrogen-bond acceptors (Lipinski definition) is 6. The molecule has 1 saturated carbocycles. The molecule has 0 atom stereocenters. The minimum Gasteiger partial charge on any atom is -0.396 e. The monoisotopic (exact) mass is 237 g/mol. The van der Waals surface area contributed by atoms with Crippen LogP contribution >= 0.6 is 0 Å². The van der Waals surface area contributed by atoms with Gasteiger partial charge in [-0.3, -0.25) is 5.43 Å². The van der Waals surface area contributed by atoms with Crippen LogP contribution in [0.15, 0.2) is 12.3 Å². The van der Waals surface area contributed by atoms with Gasteiger partial charge in [0.25, 0.3) is 0 Å². The molecule has 0 unspecified atom stereocenters. The van der Waals surface area contributed by atoms with Crippen LogP contribution in [-0.2, 0) is 0 Å². The molecule has 6 nitrogen and oxygen atoms in total. The zero-order valence-electron chi connectivity index (χ0n) is 9.84. The molecule has 0 radical (unpaired) electrons. The van der Waals surface area contributed by atoms with Crippen molar-refractivity contribution in [3.63, 3.8) is 0 Å². The van der Waals surface area contributed by atoms with Gasteiger partial charge in [-0.25, -0.2) is 10.8 Å². The summed E-state index contributed by atoms with van der Waals surface area (Å²) < 4.78 is 0. The summed E-state index contributed by atoms with van der Waals surface area (Å²) in [5, 5.41) is 8.94. The molecule has 0 bridgehead atoms. The number of nitrogen functional groups attached to an aromatic ring is 1. The summed E-state index contributed by atoms with van der Waals surface area (Å²) >= 11 is 0. The lowest BCUT2D eigenvalue weighted by molar-refractivity contribution is 0.282. The zero-order chi connectivity index (χ0) is 12.1. The van der Waals surface area contributed by atoms with Gasteiger partial charge in [-0.15, -0.1) is 0 Å². The molecule has 1 aliphatic rings. The Morgan fingerprint density at radius 3 is 2.94 bits per heavy atom. The number of nitrogens with one attached hydrogen (secondary N) is 1. The van der Waals surface area contributed by atoms with Crippen molar-refractivity contribution >= 4 is 11.8 Å². The number of anilines is 2. The normalized spacial score (nSPS) is 15.4. The van der Waals surface area contributed by atoms with Gasteiger partial charge >= 0.3 is 0 Å². The molecule has 0 saturated heterocycles.